The topological polar surface area (TPSA) is 23.5 Å². The molecule has 2 heteroatoms. The van der Waals surface area contributed by atoms with Crippen LogP contribution in [0.2, 0.25) is 0 Å². The second-order valence-electron chi connectivity index (χ2n) is 5.30. The molecule has 1 aromatic rings. The van der Waals surface area contributed by atoms with Gasteiger partial charge in [0, 0.05) is 0 Å². The van der Waals surface area contributed by atoms with E-state index in [9.17, 15) is 5.11 Å². The quantitative estimate of drug-likeness (QED) is 0.805. The smallest absolute Gasteiger partial charge is 0.0973 e. The Kier molecular flexibility index (Phi) is 6.02. The summed E-state index contributed by atoms with van der Waals surface area (Å²) in [6.45, 7) is 12.7. The number of aliphatic hydroxyl groups is 1. The van der Waals surface area contributed by atoms with Crippen molar-refractivity contribution in [2.24, 2.45) is 0 Å². The maximum atomic E-state index is 10.9. The number of hydrogen-bond acceptors (Lipinski definition) is 2. The molecule has 108 valence electrons. The molecule has 0 aliphatic rings. The van der Waals surface area contributed by atoms with Crippen molar-refractivity contribution in [2.45, 2.75) is 59.1 Å². The highest BCUT2D eigenvalue weighted by Crippen LogP contribution is 2.37. The Labute approximate surface area is 118 Å². The summed E-state index contributed by atoms with van der Waals surface area (Å²) < 4.78 is 0. The van der Waals surface area contributed by atoms with E-state index in [-0.39, 0.29) is 5.54 Å². The molecule has 0 spiro atoms. The first-order valence-electron chi connectivity index (χ1n) is 7.55. The zero-order valence-electron chi connectivity index (χ0n) is 13.1. The van der Waals surface area contributed by atoms with E-state index in [4.69, 9.17) is 0 Å². The van der Waals surface area contributed by atoms with Gasteiger partial charge in [0.05, 0.1) is 11.6 Å². The van der Waals surface area contributed by atoms with E-state index in [0.717, 1.165) is 31.5 Å². The molecule has 1 aromatic carbocycles. The number of benzene rings is 1. The molecule has 0 aliphatic heterocycles. The van der Waals surface area contributed by atoms with Crippen LogP contribution in [-0.2, 0) is 0 Å². The third kappa shape index (κ3) is 3.18. The van der Waals surface area contributed by atoms with Crippen molar-refractivity contribution in [3.8, 4) is 0 Å². The van der Waals surface area contributed by atoms with Crippen LogP contribution in [0, 0.1) is 6.92 Å². The lowest BCUT2D eigenvalue weighted by Crippen LogP contribution is -2.52. The van der Waals surface area contributed by atoms with Crippen molar-refractivity contribution < 1.29 is 5.11 Å². The van der Waals surface area contributed by atoms with Crippen molar-refractivity contribution in [1.82, 2.24) is 4.90 Å². The lowest BCUT2D eigenvalue weighted by atomic mass is 9.81. The Morgan fingerprint density at radius 2 is 1.47 bits per heavy atom. The minimum absolute atomic E-state index is 0.154. The van der Waals surface area contributed by atoms with Crippen LogP contribution in [0.15, 0.2) is 24.3 Å². The van der Waals surface area contributed by atoms with Crippen molar-refractivity contribution >= 4 is 0 Å². The Hall–Kier alpha value is -0.860. The fourth-order valence-electron chi connectivity index (χ4n) is 3.17. The predicted octanol–water partition coefficient (Wildman–Crippen LogP) is 3.93. The van der Waals surface area contributed by atoms with Crippen LogP contribution in [0.3, 0.4) is 0 Å². The number of likely N-dealkylation sites (N-methyl/N-ethyl adjacent to an activating group) is 1. The molecule has 1 atom stereocenters. The highest BCUT2D eigenvalue weighted by molar-refractivity contribution is 5.25. The molecule has 0 amide bonds. The zero-order chi connectivity index (χ0) is 14.5. The molecule has 0 saturated carbocycles. The maximum absolute atomic E-state index is 10.9. The second-order valence-corrected chi connectivity index (χ2v) is 5.30. The fraction of sp³-hybridized carbons (Fsp3) is 0.647. The van der Waals surface area contributed by atoms with Crippen LogP contribution in [-0.4, -0.2) is 28.6 Å². The Balaban J connectivity index is 3.13. The first-order chi connectivity index (χ1) is 9.05. The highest BCUT2D eigenvalue weighted by Gasteiger charge is 2.39. The van der Waals surface area contributed by atoms with Gasteiger partial charge in [0.2, 0.25) is 0 Å². The minimum atomic E-state index is -0.428. The van der Waals surface area contributed by atoms with Crippen LogP contribution in [0.1, 0.15) is 57.8 Å². The Morgan fingerprint density at radius 1 is 1.00 bits per heavy atom. The molecule has 2 nitrogen and oxygen atoms in total. The van der Waals surface area contributed by atoms with Crippen LogP contribution in [0.5, 0.6) is 0 Å². The van der Waals surface area contributed by atoms with Gasteiger partial charge >= 0.3 is 0 Å². The van der Waals surface area contributed by atoms with Crippen LogP contribution in [0.25, 0.3) is 0 Å². The molecule has 1 N–H and O–H groups in total. The van der Waals surface area contributed by atoms with Gasteiger partial charge in [-0.1, -0.05) is 57.5 Å². The van der Waals surface area contributed by atoms with Gasteiger partial charge < -0.3 is 5.11 Å². The number of rotatable bonds is 7. The normalized spacial score (nSPS) is 13.8. The van der Waals surface area contributed by atoms with Gasteiger partial charge in [-0.05, 0) is 38.4 Å². The molecule has 1 rings (SSSR count). The van der Waals surface area contributed by atoms with Crippen LogP contribution >= 0.6 is 0 Å². The highest BCUT2D eigenvalue weighted by atomic mass is 16.3. The zero-order valence-corrected chi connectivity index (χ0v) is 13.1. The Bertz CT molecular complexity index is 363. The second kappa shape index (κ2) is 7.06. The molecule has 0 radical (unpaired) electrons. The lowest BCUT2D eigenvalue weighted by Gasteiger charge is -2.46. The summed E-state index contributed by atoms with van der Waals surface area (Å²) in [5, 5.41) is 10.9. The van der Waals surface area contributed by atoms with Crippen molar-refractivity contribution in [2.75, 3.05) is 13.1 Å². The molecule has 0 fully saturated rings. The first-order valence-corrected chi connectivity index (χ1v) is 7.55. The van der Waals surface area contributed by atoms with E-state index in [2.05, 4.69) is 63.8 Å². The number of hydrogen-bond donors (Lipinski definition) is 1. The van der Waals surface area contributed by atoms with E-state index < -0.39 is 6.10 Å². The summed E-state index contributed by atoms with van der Waals surface area (Å²) in [5.74, 6) is 0. The summed E-state index contributed by atoms with van der Waals surface area (Å²) in [5.41, 5.74) is 2.11. The van der Waals surface area contributed by atoms with Crippen molar-refractivity contribution in [1.29, 1.82) is 0 Å². The van der Waals surface area contributed by atoms with Gasteiger partial charge in [0.1, 0.15) is 0 Å². The molecule has 1 unspecified atom stereocenters. The summed E-state index contributed by atoms with van der Waals surface area (Å²) in [4.78, 5) is 2.40. The SMILES string of the molecule is CCN(CC)C(CC)(CC)C(O)c1ccc(C)cc1. The average Bonchev–Trinajstić information content (AvgIpc) is 2.45. The molecule has 0 aliphatic carbocycles. The monoisotopic (exact) mass is 263 g/mol. The van der Waals surface area contributed by atoms with Gasteiger partial charge in [-0.2, -0.15) is 0 Å². The molecular formula is C17H29NO. The van der Waals surface area contributed by atoms with E-state index in [0.29, 0.717) is 0 Å². The number of aliphatic hydroxyl groups excluding tert-OH is 1. The lowest BCUT2D eigenvalue weighted by molar-refractivity contribution is -0.0366. The van der Waals surface area contributed by atoms with Crippen LogP contribution in [0.4, 0.5) is 0 Å². The predicted molar refractivity (Wildman–Crippen MR) is 82.4 cm³/mol. The van der Waals surface area contributed by atoms with E-state index in [1.165, 1.54) is 5.56 Å². The molecule has 0 heterocycles. The summed E-state index contributed by atoms with van der Waals surface area (Å²) in [6.07, 6.45) is 1.49. The molecule has 0 saturated heterocycles. The van der Waals surface area contributed by atoms with E-state index >= 15 is 0 Å². The number of nitrogens with zero attached hydrogens (tertiary/aromatic N) is 1. The minimum Gasteiger partial charge on any atom is -0.386 e. The third-order valence-electron chi connectivity index (χ3n) is 4.52. The summed E-state index contributed by atoms with van der Waals surface area (Å²) in [6, 6.07) is 8.28. The molecular weight excluding hydrogens is 234 g/mol. The maximum Gasteiger partial charge on any atom is 0.0973 e. The van der Waals surface area contributed by atoms with Crippen molar-refractivity contribution in [3.05, 3.63) is 35.4 Å². The van der Waals surface area contributed by atoms with E-state index in [1.807, 2.05) is 0 Å². The first kappa shape index (κ1) is 16.2. The Morgan fingerprint density at radius 3 is 1.84 bits per heavy atom. The fourth-order valence-corrected chi connectivity index (χ4v) is 3.17. The van der Waals surface area contributed by atoms with Gasteiger partial charge in [0.25, 0.3) is 0 Å². The van der Waals surface area contributed by atoms with E-state index in [1.54, 1.807) is 0 Å². The molecule has 19 heavy (non-hydrogen) atoms. The standard InChI is InChI=1S/C17H29NO/c1-6-17(7-2,18(8-3)9-4)16(19)15-12-10-14(5)11-13-15/h10-13,16,19H,6-9H2,1-5H3. The molecule has 0 bridgehead atoms. The molecule has 0 aromatic heterocycles. The van der Waals surface area contributed by atoms with Gasteiger partial charge in [-0.3, -0.25) is 4.90 Å². The summed E-state index contributed by atoms with van der Waals surface area (Å²) in [7, 11) is 0. The average molecular weight is 263 g/mol. The van der Waals surface area contributed by atoms with Gasteiger partial charge in [-0.15, -0.1) is 0 Å². The summed E-state index contributed by atoms with van der Waals surface area (Å²) >= 11 is 0. The van der Waals surface area contributed by atoms with Gasteiger partial charge in [0.15, 0.2) is 0 Å². The van der Waals surface area contributed by atoms with Gasteiger partial charge in [-0.25, -0.2) is 0 Å². The van der Waals surface area contributed by atoms with Crippen molar-refractivity contribution in [3.63, 3.8) is 0 Å². The third-order valence-corrected chi connectivity index (χ3v) is 4.52. The van der Waals surface area contributed by atoms with Crippen LogP contribution < -0.4 is 0 Å². The number of aryl methyl sites for hydroxylation is 1. The largest absolute Gasteiger partial charge is 0.386 e.